The second-order valence-corrected chi connectivity index (χ2v) is 4.89. The van der Waals surface area contributed by atoms with Crippen LogP contribution in [0.5, 0.6) is 0 Å². The summed E-state index contributed by atoms with van der Waals surface area (Å²) in [5.74, 6) is -0.0667. The Labute approximate surface area is 111 Å². The van der Waals surface area contributed by atoms with Gasteiger partial charge in [-0.15, -0.1) is 0 Å². The molecule has 0 fully saturated rings. The Bertz CT molecular complexity index is 566. The first kappa shape index (κ1) is 12.4. The van der Waals surface area contributed by atoms with Crippen LogP contribution in [0.15, 0.2) is 36.4 Å². The maximum atomic E-state index is 9.66. The molecular formula is C16H16O3. The molecule has 0 atom stereocenters. The van der Waals surface area contributed by atoms with Crippen molar-refractivity contribution in [3.63, 3.8) is 0 Å². The van der Waals surface area contributed by atoms with Crippen LogP contribution in [0.2, 0.25) is 0 Å². The van der Waals surface area contributed by atoms with Crippen LogP contribution in [0.4, 0.5) is 0 Å². The van der Waals surface area contributed by atoms with Gasteiger partial charge in [-0.2, -0.15) is 0 Å². The minimum absolute atomic E-state index is 0.00363. The largest absolute Gasteiger partial charge is 0.395 e. The minimum Gasteiger partial charge on any atom is -0.395 e. The third kappa shape index (κ3) is 1.87. The maximum Gasteiger partial charge on any atom is 0.0681 e. The summed E-state index contributed by atoms with van der Waals surface area (Å²) in [6.07, 6.45) is 0. The second kappa shape index (κ2) is 4.78. The van der Waals surface area contributed by atoms with Gasteiger partial charge in [0.15, 0.2) is 0 Å². The Morgan fingerprint density at radius 2 is 1.21 bits per heavy atom. The molecule has 0 unspecified atom stereocenters. The smallest absolute Gasteiger partial charge is 0.0681 e. The van der Waals surface area contributed by atoms with Gasteiger partial charge < -0.3 is 15.3 Å². The van der Waals surface area contributed by atoms with E-state index in [0.29, 0.717) is 0 Å². The quantitative estimate of drug-likeness (QED) is 0.784. The number of hydrogen-bond donors (Lipinski definition) is 3. The van der Waals surface area contributed by atoms with Gasteiger partial charge in [0, 0.05) is 5.92 Å². The monoisotopic (exact) mass is 256 g/mol. The van der Waals surface area contributed by atoms with E-state index in [-0.39, 0.29) is 25.7 Å². The van der Waals surface area contributed by atoms with Crippen LogP contribution in [-0.2, 0) is 13.2 Å². The third-order valence-electron chi connectivity index (χ3n) is 3.82. The standard InChI is InChI=1S/C16H16O3/c17-7-10-1-3-12-13-4-2-11(8-18)6-15(13)16(9-19)14(12)5-10/h1-6,16-19H,7-9H2. The molecule has 0 heterocycles. The Balaban J connectivity index is 2.19. The normalized spacial score (nSPS) is 13.4. The Kier molecular flexibility index (Phi) is 3.11. The van der Waals surface area contributed by atoms with E-state index in [2.05, 4.69) is 0 Å². The zero-order valence-corrected chi connectivity index (χ0v) is 10.5. The molecular weight excluding hydrogens is 240 g/mol. The van der Waals surface area contributed by atoms with E-state index in [1.165, 1.54) is 0 Å². The first-order valence-corrected chi connectivity index (χ1v) is 6.37. The summed E-state index contributed by atoms with van der Waals surface area (Å²) in [5.41, 5.74) is 6.03. The lowest BCUT2D eigenvalue weighted by molar-refractivity contribution is 0.276. The number of fused-ring (bicyclic) bond motifs is 3. The average molecular weight is 256 g/mol. The number of rotatable bonds is 3. The summed E-state index contributed by atoms with van der Waals surface area (Å²) in [6, 6.07) is 11.7. The highest BCUT2D eigenvalue weighted by Crippen LogP contribution is 2.45. The van der Waals surface area contributed by atoms with Crippen LogP contribution >= 0.6 is 0 Å². The third-order valence-corrected chi connectivity index (χ3v) is 3.82. The first-order chi connectivity index (χ1) is 9.28. The Hall–Kier alpha value is -1.68. The summed E-state index contributed by atoms with van der Waals surface area (Å²) in [4.78, 5) is 0. The van der Waals surface area contributed by atoms with Gasteiger partial charge in [-0.1, -0.05) is 36.4 Å². The summed E-state index contributed by atoms with van der Waals surface area (Å²) >= 11 is 0. The predicted octanol–water partition coefficient (Wildman–Crippen LogP) is 1.78. The SMILES string of the molecule is OCc1ccc2c(c1)C(CO)c1cc(CO)ccc1-2. The van der Waals surface area contributed by atoms with Crippen LogP contribution in [0.1, 0.15) is 28.2 Å². The Morgan fingerprint density at radius 1 is 0.737 bits per heavy atom. The van der Waals surface area contributed by atoms with Gasteiger partial charge in [0.05, 0.1) is 19.8 Å². The molecule has 1 aliphatic carbocycles. The predicted molar refractivity (Wildman–Crippen MR) is 72.7 cm³/mol. The molecule has 3 N–H and O–H groups in total. The molecule has 3 heteroatoms. The zero-order chi connectivity index (χ0) is 13.4. The molecule has 0 amide bonds. The first-order valence-electron chi connectivity index (χ1n) is 6.37. The Morgan fingerprint density at radius 3 is 1.58 bits per heavy atom. The molecule has 0 saturated heterocycles. The number of aliphatic hydroxyl groups excluding tert-OH is 3. The van der Waals surface area contributed by atoms with Crippen molar-refractivity contribution in [3.05, 3.63) is 58.7 Å². The molecule has 98 valence electrons. The zero-order valence-electron chi connectivity index (χ0n) is 10.5. The second-order valence-electron chi connectivity index (χ2n) is 4.89. The van der Waals surface area contributed by atoms with Crippen LogP contribution in [0.25, 0.3) is 11.1 Å². The van der Waals surface area contributed by atoms with E-state index < -0.39 is 0 Å². The van der Waals surface area contributed by atoms with E-state index in [4.69, 9.17) is 0 Å². The van der Waals surface area contributed by atoms with Crippen molar-refractivity contribution in [2.24, 2.45) is 0 Å². The molecule has 0 aromatic heterocycles. The van der Waals surface area contributed by atoms with Gasteiger partial charge in [-0.3, -0.25) is 0 Å². The highest BCUT2D eigenvalue weighted by Gasteiger charge is 2.28. The topological polar surface area (TPSA) is 60.7 Å². The lowest BCUT2D eigenvalue weighted by Gasteiger charge is -2.11. The molecule has 2 aromatic rings. The van der Waals surface area contributed by atoms with Crippen molar-refractivity contribution in [1.29, 1.82) is 0 Å². The number of hydrogen-bond acceptors (Lipinski definition) is 3. The van der Waals surface area contributed by atoms with E-state index in [9.17, 15) is 15.3 Å². The van der Waals surface area contributed by atoms with E-state index in [0.717, 1.165) is 33.4 Å². The molecule has 1 aliphatic rings. The van der Waals surface area contributed by atoms with Crippen molar-refractivity contribution in [1.82, 2.24) is 0 Å². The molecule has 0 spiro atoms. The molecule has 0 saturated carbocycles. The summed E-state index contributed by atoms with van der Waals surface area (Å²) in [5, 5.41) is 28.1. The van der Waals surface area contributed by atoms with E-state index in [1.54, 1.807) is 0 Å². The van der Waals surface area contributed by atoms with Crippen LogP contribution < -0.4 is 0 Å². The van der Waals surface area contributed by atoms with Gasteiger partial charge in [-0.25, -0.2) is 0 Å². The fourth-order valence-electron chi connectivity index (χ4n) is 2.85. The molecule has 0 aliphatic heterocycles. The summed E-state index contributed by atoms with van der Waals surface area (Å²) in [6.45, 7) is 0.0388. The van der Waals surface area contributed by atoms with Gasteiger partial charge in [0.2, 0.25) is 0 Å². The van der Waals surface area contributed by atoms with E-state index in [1.807, 2.05) is 36.4 Å². The highest BCUT2D eigenvalue weighted by molar-refractivity contribution is 5.79. The fraction of sp³-hybridized carbons (Fsp3) is 0.250. The summed E-state index contributed by atoms with van der Waals surface area (Å²) in [7, 11) is 0. The molecule has 0 radical (unpaired) electrons. The highest BCUT2D eigenvalue weighted by atomic mass is 16.3. The maximum absolute atomic E-state index is 9.66. The van der Waals surface area contributed by atoms with Crippen molar-refractivity contribution in [3.8, 4) is 11.1 Å². The summed E-state index contributed by atoms with van der Waals surface area (Å²) < 4.78 is 0. The number of aliphatic hydroxyl groups is 3. The molecule has 0 bridgehead atoms. The van der Waals surface area contributed by atoms with E-state index >= 15 is 0 Å². The van der Waals surface area contributed by atoms with Crippen molar-refractivity contribution in [2.45, 2.75) is 19.1 Å². The van der Waals surface area contributed by atoms with Crippen LogP contribution in [-0.4, -0.2) is 21.9 Å². The van der Waals surface area contributed by atoms with Crippen molar-refractivity contribution < 1.29 is 15.3 Å². The number of benzene rings is 2. The van der Waals surface area contributed by atoms with Crippen molar-refractivity contribution >= 4 is 0 Å². The molecule has 19 heavy (non-hydrogen) atoms. The van der Waals surface area contributed by atoms with Gasteiger partial charge in [-0.05, 0) is 33.4 Å². The van der Waals surface area contributed by atoms with Gasteiger partial charge in [0.25, 0.3) is 0 Å². The lowest BCUT2D eigenvalue weighted by Crippen LogP contribution is -2.03. The fourth-order valence-corrected chi connectivity index (χ4v) is 2.85. The lowest BCUT2D eigenvalue weighted by atomic mass is 9.96. The van der Waals surface area contributed by atoms with Crippen LogP contribution in [0.3, 0.4) is 0 Å². The van der Waals surface area contributed by atoms with Crippen molar-refractivity contribution in [2.75, 3.05) is 6.61 Å². The molecule has 3 nitrogen and oxygen atoms in total. The van der Waals surface area contributed by atoms with Gasteiger partial charge in [0.1, 0.15) is 0 Å². The average Bonchev–Trinajstić information content (AvgIpc) is 2.78. The van der Waals surface area contributed by atoms with Gasteiger partial charge >= 0.3 is 0 Å². The molecule has 3 rings (SSSR count). The van der Waals surface area contributed by atoms with Crippen LogP contribution in [0, 0.1) is 0 Å². The molecule has 2 aromatic carbocycles. The minimum atomic E-state index is -0.0667.